The number of hydrogen-bond acceptors (Lipinski definition) is 6. The van der Waals surface area contributed by atoms with Crippen LogP contribution in [0.15, 0.2) is 71.3 Å². The van der Waals surface area contributed by atoms with Gasteiger partial charge in [-0.25, -0.2) is 4.79 Å². The van der Waals surface area contributed by atoms with Gasteiger partial charge in [-0.05, 0) is 60.6 Å². The molecule has 2 heterocycles. The lowest BCUT2D eigenvalue weighted by atomic mass is 9.72. The average Bonchev–Trinajstić information content (AvgIpc) is 2.82. The van der Waals surface area contributed by atoms with Gasteiger partial charge in [-0.15, -0.1) is 0 Å². The van der Waals surface area contributed by atoms with Crippen LogP contribution in [0.25, 0.3) is 0 Å². The van der Waals surface area contributed by atoms with E-state index >= 15 is 0 Å². The topological polar surface area (TPSA) is 77.5 Å². The second-order valence-electron chi connectivity index (χ2n) is 9.06. The molecule has 1 aliphatic carbocycles. The molecule has 2 aliphatic rings. The third-order valence-corrected chi connectivity index (χ3v) is 6.22. The van der Waals surface area contributed by atoms with Crippen LogP contribution in [0, 0.1) is 5.92 Å². The number of dihydropyridines is 1. The van der Waals surface area contributed by atoms with E-state index in [1.54, 1.807) is 19.5 Å². The van der Waals surface area contributed by atoms with Crippen LogP contribution in [-0.4, -0.2) is 30.5 Å². The molecule has 0 amide bonds. The molecule has 2 aromatic rings. The van der Waals surface area contributed by atoms with Crippen molar-refractivity contribution in [3.05, 3.63) is 82.5 Å². The van der Waals surface area contributed by atoms with Gasteiger partial charge in [0.05, 0.1) is 19.3 Å². The van der Waals surface area contributed by atoms with Crippen molar-refractivity contribution >= 4 is 11.8 Å². The number of nitrogens with zero attached hydrogens (tertiary/aromatic N) is 1. The van der Waals surface area contributed by atoms with Gasteiger partial charge >= 0.3 is 5.97 Å². The van der Waals surface area contributed by atoms with Crippen molar-refractivity contribution in [2.75, 3.05) is 13.7 Å². The molecule has 0 bridgehead atoms. The highest BCUT2D eigenvalue weighted by Crippen LogP contribution is 2.45. The molecule has 1 N–H and O–H groups in total. The molecule has 6 heteroatoms. The molecule has 0 fully saturated rings. The highest BCUT2D eigenvalue weighted by molar-refractivity contribution is 6.04. The van der Waals surface area contributed by atoms with E-state index in [0.29, 0.717) is 30.6 Å². The minimum Gasteiger partial charge on any atom is -0.497 e. The second kappa shape index (κ2) is 9.61. The summed E-state index contributed by atoms with van der Waals surface area (Å²) in [5, 5.41) is 3.39. The van der Waals surface area contributed by atoms with Crippen LogP contribution < -0.4 is 10.1 Å². The summed E-state index contributed by atoms with van der Waals surface area (Å²) in [5.74, 6) is 0.281. The average molecular weight is 447 g/mol. The number of aromatic nitrogens is 1. The number of ketones is 1. The van der Waals surface area contributed by atoms with E-state index in [2.05, 4.69) is 10.3 Å². The Kier molecular flexibility index (Phi) is 6.63. The summed E-state index contributed by atoms with van der Waals surface area (Å²) >= 11 is 0. The van der Waals surface area contributed by atoms with Crippen LogP contribution in [0.3, 0.4) is 0 Å². The highest BCUT2D eigenvalue weighted by Gasteiger charge is 2.41. The first kappa shape index (κ1) is 22.8. The summed E-state index contributed by atoms with van der Waals surface area (Å²) in [6.07, 6.45) is 4.47. The van der Waals surface area contributed by atoms with Gasteiger partial charge in [0.2, 0.25) is 0 Å². The molecule has 0 radical (unpaired) electrons. The molecule has 0 saturated heterocycles. The summed E-state index contributed by atoms with van der Waals surface area (Å²) < 4.78 is 10.9. The van der Waals surface area contributed by atoms with Gasteiger partial charge in [0.25, 0.3) is 0 Å². The van der Waals surface area contributed by atoms with Gasteiger partial charge in [-0.1, -0.05) is 26.0 Å². The third kappa shape index (κ3) is 4.70. The number of pyridine rings is 1. The number of carbonyl (C=O) groups is 2. The van der Waals surface area contributed by atoms with E-state index in [1.165, 1.54) is 0 Å². The first-order valence-electron chi connectivity index (χ1n) is 11.3. The first-order valence-corrected chi connectivity index (χ1v) is 11.3. The van der Waals surface area contributed by atoms with Crippen molar-refractivity contribution < 1.29 is 19.1 Å². The smallest absolute Gasteiger partial charge is 0.336 e. The van der Waals surface area contributed by atoms with Gasteiger partial charge < -0.3 is 14.8 Å². The van der Waals surface area contributed by atoms with Crippen LogP contribution in [0.1, 0.15) is 56.6 Å². The number of allylic oxidation sites excluding steroid dienone is 3. The molecule has 1 aliphatic heterocycles. The Bertz CT molecular complexity index is 1100. The zero-order valence-corrected chi connectivity index (χ0v) is 19.6. The van der Waals surface area contributed by atoms with E-state index in [1.807, 2.05) is 57.2 Å². The quantitative estimate of drug-likeness (QED) is 0.651. The van der Waals surface area contributed by atoms with Crippen LogP contribution in [0.4, 0.5) is 0 Å². The number of hydrogen-bond donors (Lipinski definition) is 1. The van der Waals surface area contributed by atoms with E-state index in [-0.39, 0.29) is 23.6 Å². The summed E-state index contributed by atoms with van der Waals surface area (Å²) in [4.78, 5) is 30.8. The number of methoxy groups -OCH3 is 1. The molecule has 6 nitrogen and oxygen atoms in total. The lowest BCUT2D eigenvalue weighted by Crippen LogP contribution is -2.36. The standard InChI is InChI=1S/C27H30N2O4/c1-16(2)15-33-27(31)24-17(3)29-22-13-20(18-5-7-21(32-4)8-6-18)14-23(30)26(22)25(24)19-9-11-28-12-10-19/h5-12,16,20,25,29H,13-15H2,1-4H3/t20-,25+/m0/s1. The molecule has 4 rings (SSSR count). The van der Waals surface area contributed by atoms with Crippen molar-refractivity contribution in [3.8, 4) is 5.75 Å². The van der Waals surface area contributed by atoms with Gasteiger partial charge in [0.15, 0.2) is 5.78 Å². The number of carbonyl (C=O) groups excluding carboxylic acids is 2. The normalized spacial score (nSPS) is 20.5. The molecular formula is C27H30N2O4. The molecule has 33 heavy (non-hydrogen) atoms. The Morgan fingerprint density at radius 3 is 2.42 bits per heavy atom. The Morgan fingerprint density at radius 2 is 1.79 bits per heavy atom. The number of ether oxygens (including phenoxy) is 2. The fourth-order valence-corrected chi connectivity index (χ4v) is 4.63. The predicted octanol–water partition coefficient (Wildman–Crippen LogP) is 4.65. The monoisotopic (exact) mass is 446 g/mol. The van der Waals surface area contributed by atoms with Crippen molar-refractivity contribution in [2.45, 2.75) is 45.4 Å². The molecule has 0 unspecified atom stereocenters. The number of nitrogens with one attached hydrogen (secondary N) is 1. The van der Waals surface area contributed by atoms with Crippen molar-refractivity contribution in [3.63, 3.8) is 0 Å². The number of esters is 1. The van der Waals surface area contributed by atoms with E-state index in [0.717, 1.165) is 28.3 Å². The Labute approximate surface area is 194 Å². The largest absolute Gasteiger partial charge is 0.497 e. The van der Waals surface area contributed by atoms with E-state index in [9.17, 15) is 9.59 Å². The summed E-state index contributed by atoms with van der Waals surface area (Å²) in [7, 11) is 1.64. The highest BCUT2D eigenvalue weighted by atomic mass is 16.5. The Balaban J connectivity index is 1.72. The van der Waals surface area contributed by atoms with Crippen molar-refractivity contribution in [1.29, 1.82) is 0 Å². The minimum absolute atomic E-state index is 0.0491. The van der Waals surface area contributed by atoms with Crippen molar-refractivity contribution in [2.24, 2.45) is 5.92 Å². The van der Waals surface area contributed by atoms with Crippen LogP contribution >= 0.6 is 0 Å². The molecule has 0 spiro atoms. The molecule has 0 saturated carbocycles. The minimum atomic E-state index is -0.465. The number of Topliss-reactive ketones (excluding diaryl/α,β-unsaturated/α-hetero) is 1. The first-order chi connectivity index (χ1) is 15.9. The molecule has 1 aromatic carbocycles. The summed E-state index contributed by atoms with van der Waals surface area (Å²) in [6.45, 7) is 6.21. The fourth-order valence-electron chi connectivity index (χ4n) is 4.63. The molecule has 172 valence electrons. The van der Waals surface area contributed by atoms with E-state index < -0.39 is 5.92 Å². The zero-order chi connectivity index (χ0) is 23.5. The molecule has 2 atom stereocenters. The number of rotatable bonds is 6. The fraction of sp³-hybridized carbons (Fsp3) is 0.370. The van der Waals surface area contributed by atoms with Gasteiger partial charge in [0.1, 0.15) is 5.75 Å². The van der Waals surface area contributed by atoms with Crippen LogP contribution in [-0.2, 0) is 14.3 Å². The maximum atomic E-state index is 13.5. The Morgan fingerprint density at radius 1 is 1.09 bits per heavy atom. The molecular weight excluding hydrogens is 416 g/mol. The maximum Gasteiger partial charge on any atom is 0.336 e. The van der Waals surface area contributed by atoms with E-state index in [4.69, 9.17) is 9.47 Å². The summed E-state index contributed by atoms with van der Waals surface area (Å²) in [5.41, 5.74) is 4.73. The van der Waals surface area contributed by atoms with Crippen molar-refractivity contribution in [1.82, 2.24) is 10.3 Å². The Hall–Kier alpha value is -3.41. The maximum absolute atomic E-state index is 13.5. The SMILES string of the molecule is COc1ccc([C@@H]2CC(=O)C3=C(C2)NC(C)=C(C(=O)OCC(C)C)[C@H]3c2ccncc2)cc1. The lowest BCUT2D eigenvalue weighted by Gasteiger charge is -2.36. The second-order valence-corrected chi connectivity index (χ2v) is 9.06. The number of benzene rings is 1. The third-order valence-electron chi connectivity index (χ3n) is 6.22. The van der Waals surface area contributed by atoms with Gasteiger partial charge in [-0.3, -0.25) is 9.78 Å². The molecule has 1 aromatic heterocycles. The predicted molar refractivity (Wildman–Crippen MR) is 126 cm³/mol. The van der Waals surface area contributed by atoms with Crippen LogP contribution in [0.5, 0.6) is 5.75 Å². The summed E-state index contributed by atoms with van der Waals surface area (Å²) in [6, 6.07) is 11.6. The zero-order valence-electron chi connectivity index (χ0n) is 19.6. The van der Waals surface area contributed by atoms with Crippen LogP contribution in [0.2, 0.25) is 0 Å². The lowest BCUT2D eigenvalue weighted by molar-refractivity contribution is -0.140. The van der Waals surface area contributed by atoms with Gasteiger partial charge in [-0.2, -0.15) is 0 Å². The van der Waals surface area contributed by atoms with Gasteiger partial charge in [0, 0.05) is 41.7 Å².